The van der Waals surface area contributed by atoms with E-state index in [9.17, 15) is 4.79 Å². The summed E-state index contributed by atoms with van der Waals surface area (Å²) in [6.07, 6.45) is 8.96. The summed E-state index contributed by atoms with van der Waals surface area (Å²) in [5.74, 6) is 0.119. The summed E-state index contributed by atoms with van der Waals surface area (Å²) in [7, 11) is 0. The smallest absolute Gasteiger partial charge is 0.230 e. The number of anilines is 1. The van der Waals surface area contributed by atoms with Crippen molar-refractivity contribution < 1.29 is 4.79 Å². The second-order valence-corrected chi connectivity index (χ2v) is 6.63. The summed E-state index contributed by atoms with van der Waals surface area (Å²) in [6, 6.07) is 1.90. The molecule has 0 spiro atoms. The topological polar surface area (TPSA) is 96.7 Å². The fourth-order valence-electron chi connectivity index (χ4n) is 3.72. The Morgan fingerprint density at radius 1 is 1.19 bits per heavy atom. The van der Waals surface area contributed by atoms with Gasteiger partial charge in [0, 0.05) is 16.3 Å². The van der Waals surface area contributed by atoms with E-state index in [1.807, 2.05) is 6.07 Å². The predicted octanol–water partition coefficient (Wildman–Crippen LogP) is 1.95. The zero-order valence-electron chi connectivity index (χ0n) is 11.9. The highest BCUT2D eigenvalue weighted by Crippen LogP contribution is 2.51. The third kappa shape index (κ3) is 2.01. The van der Waals surface area contributed by atoms with Crippen molar-refractivity contribution in [3.05, 3.63) is 18.5 Å². The van der Waals surface area contributed by atoms with Gasteiger partial charge in [0.2, 0.25) is 5.91 Å². The molecule has 0 unspecified atom stereocenters. The molecule has 3 aliphatic rings. The van der Waals surface area contributed by atoms with E-state index in [2.05, 4.69) is 20.5 Å². The van der Waals surface area contributed by atoms with E-state index < -0.39 is 0 Å². The molecule has 0 aromatic carbocycles. The molecule has 4 N–H and O–H groups in total. The zero-order chi connectivity index (χ0) is 14.5. The molecule has 3 aliphatic carbocycles. The summed E-state index contributed by atoms with van der Waals surface area (Å²) >= 11 is 0. The van der Waals surface area contributed by atoms with Crippen LogP contribution in [-0.2, 0) is 4.79 Å². The van der Waals surface area contributed by atoms with Crippen LogP contribution in [0.25, 0.3) is 11.0 Å². The van der Waals surface area contributed by atoms with Gasteiger partial charge in [0.25, 0.3) is 0 Å². The number of H-pyrrole nitrogens is 1. The molecule has 3 fully saturated rings. The SMILES string of the molecule is NC12CCC(C(=O)Nc3cnc4[nH]ncc4c3)(CC1)CC2. The molecule has 1 amide bonds. The van der Waals surface area contributed by atoms with Crippen LogP contribution in [0.1, 0.15) is 38.5 Å². The lowest BCUT2D eigenvalue weighted by molar-refractivity contribution is -0.131. The van der Waals surface area contributed by atoms with E-state index in [1.54, 1.807) is 12.4 Å². The van der Waals surface area contributed by atoms with Crippen molar-refractivity contribution in [1.82, 2.24) is 15.2 Å². The lowest BCUT2D eigenvalue weighted by Crippen LogP contribution is -2.55. The average molecular weight is 285 g/mol. The van der Waals surface area contributed by atoms with Gasteiger partial charge in [-0.05, 0) is 44.6 Å². The number of nitrogens with one attached hydrogen (secondary N) is 2. The first-order chi connectivity index (χ1) is 10.1. The van der Waals surface area contributed by atoms with Gasteiger partial charge in [0.1, 0.15) is 0 Å². The third-order valence-electron chi connectivity index (χ3n) is 5.34. The lowest BCUT2D eigenvalue weighted by Gasteiger charge is -2.50. The van der Waals surface area contributed by atoms with E-state index >= 15 is 0 Å². The number of aromatic nitrogens is 3. The van der Waals surface area contributed by atoms with Crippen LogP contribution in [0.5, 0.6) is 0 Å². The maximum Gasteiger partial charge on any atom is 0.230 e. The van der Waals surface area contributed by atoms with Gasteiger partial charge in [-0.15, -0.1) is 0 Å². The van der Waals surface area contributed by atoms with Crippen molar-refractivity contribution >= 4 is 22.6 Å². The molecule has 2 aromatic heterocycles. The Kier molecular flexibility index (Phi) is 2.60. The minimum Gasteiger partial charge on any atom is -0.325 e. The van der Waals surface area contributed by atoms with Gasteiger partial charge >= 0.3 is 0 Å². The summed E-state index contributed by atoms with van der Waals surface area (Å²) in [5.41, 5.74) is 7.53. The minimum absolute atomic E-state index is 0.0146. The number of carbonyl (C=O) groups excluding carboxylic acids is 1. The van der Waals surface area contributed by atoms with E-state index in [0.717, 1.165) is 55.2 Å². The molecule has 110 valence electrons. The fourth-order valence-corrected chi connectivity index (χ4v) is 3.72. The number of aromatic amines is 1. The summed E-state index contributed by atoms with van der Waals surface area (Å²) in [4.78, 5) is 17.0. The Bertz CT molecular complexity index is 682. The first-order valence-corrected chi connectivity index (χ1v) is 7.48. The Hall–Kier alpha value is -1.95. The van der Waals surface area contributed by atoms with Crippen LogP contribution >= 0.6 is 0 Å². The Labute approximate surface area is 122 Å². The molecule has 0 aliphatic heterocycles. The highest BCUT2D eigenvalue weighted by atomic mass is 16.2. The molecule has 0 radical (unpaired) electrons. The van der Waals surface area contributed by atoms with Crippen molar-refractivity contribution in [2.75, 3.05) is 5.32 Å². The summed E-state index contributed by atoms with van der Waals surface area (Å²) < 4.78 is 0. The molecule has 6 nitrogen and oxygen atoms in total. The van der Waals surface area contributed by atoms with Gasteiger partial charge in [-0.25, -0.2) is 4.98 Å². The standard InChI is InChI=1S/C15H19N5O/c16-15-4-1-14(2-5-15,3-6-15)13(21)19-11-7-10-8-18-20-12(10)17-9-11/h7-9H,1-6,16H2,(H,19,21)(H,17,18,20). The Balaban J connectivity index is 1.55. The first-order valence-electron chi connectivity index (χ1n) is 7.48. The Morgan fingerprint density at radius 2 is 1.90 bits per heavy atom. The number of amides is 1. The molecule has 2 heterocycles. The maximum absolute atomic E-state index is 12.7. The van der Waals surface area contributed by atoms with Crippen LogP contribution in [0.4, 0.5) is 5.69 Å². The zero-order valence-corrected chi connectivity index (χ0v) is 11.9. The van der Waals surface area contributed by atoms with Crippen LogP contribution < -0.4 is 11.1 Å². The lowest BCUT2D eigenvalue weighted by atomic mass is 9.57. The molecular weight excluding hydrogens is 266 g/mol. The van der Waals surface area contributed by atoms with E-state index in [4.69, 9.17) is 5.73 Å². The van der Waals surface area contributed by atoms with Gasteiger partial charge in [0.15, 0.2) is 5.65 Å². The average Bonchev–Trinajstić information content (AvgIpc) is 2.96. The van der Waals surface area contributed by atoms with Gasteiger partial charge in [-0.1, -0.05) is 0 Å². The van der Waals surface area contributed by atoms with E-state index in [-0.39, 0.29) is 16.9 Å². The van der Waals surface area contributed by atoms with Crippen molar-refractivity contribution in [2.45, 2.75) is 44.1 Å². The molecule has 0 saturated heterocycles. The molecule has 2 aromatic rings. The quantitative estimate of drug-likeness (QED) is 0.785. The third-order valence-corrected chi connectivity index (χ3v) is 5.34. The molecule has 0 atom stereocenters. The molecule has 6 heteroatoms. The number of fused-ring (bicyclic) bond motifs is 4. The van der Waals surface area contributed by atoms with Crippen LogP contribution in [0.3, 0.4) is 0 Å². The number of rotatable bonds is 2. The molecule has 3 saturated carbocycles. The molecular formula is C15H19N5O. The largest absolute Gasteiger partial charge is 0.325 e. The van der Waals surface area contributed by atoms with Crippen LogP contribution in [0, 0.1) is 5.41 Å². The number of nitrogens with zero attached hydrogens (tertiary/aromatic N) is 2. The maximum atomic E-state index is 12.7. The van der Waals surface area contributed by atoms with Gasteiger partial charge in [0.05, 0.1) is 18.1 Å². The van der Waals surface area contributed by atoms with E-state index in [0.29, 0.717) is 0 Å². The van der Waals surface area contributed by atoms with Crippen molar-refractivity contribution in [1.29, 1.82) is 0 Å². The number of carbonyl (C=O) groups is 1. The minimum atomic E-state index is -0.230. The van der Waals surface area contributed by atoms with Crippen LogP contribution in [0.2, 0.25) is 0 Å². The van der Waals surface area contributed by atoms with Crippen molar-refractivity contribution in [3.63, 3.8) is 0 Å². The predicted molar refractivity (Wildman–Crippen MR) is 79.6 cm³/mol. The highest BCUT2D eigenvalue weighted by molar-refractivity contribution is 5.96. The molecule has 21 heavy (non-hydrogen) atoms. The normalized spacial score (nSPS) is 31.5. The highest BCUT2D eigenvalue weighted by Gasteiger charge is 2.50. The second-order valence-electron chi connectivity index (χ2n) is 6.63. The van der Waals surface area contributed by atoms with E-state index in [1.165, 1.54) is 0 Å². The van der Waals surface area contributed by atoms with Crippen molar-refractivity contribution in [3.8, 4) is 0 Å². The summed E-state index contributed by atoms with van der Waals surface area (Å²) in [5, 5.41) is 10.7. The number of nitrogens with two attached hydrogens (primary N) is 1. The fraction of sp³-hybridized carbons (Fsp3) is 0.533. The summed E-state index contributed by atoms with van der Waals surface area (Å²) in [6.45, 7) is 0. The van der Waals surface area contributed by atoms with Crippen LogP contribution in [0.15, 0.2) is 18.5 Å². The first kappa shape index (κ1) is 12.8. The van der Waals surface area contributed by atoms with Gasteiger partial charge in [-0.2, -0.15) is 5.10 Å². The second kappa shape index (κ2) is 4.27. The van der Waals surface area contributed by atoms with Gasteiger partial charge < -0.3 is 11.1 Å². The molecule has 2 bridgehead atoms. The number of hydrogen-bond donors (Lipinski definition) is 3. The Morgan fingerprint density at radius 3 is 2.62 bits per heavy atom. The van der Waals surface area contributed by atoms with Crippen molar-refractivity contribution in [2.24, 2.45) is 11.1 Å². The molecule has 5 rings (SSSR count). The van der Waals surface area contributed by atoms with Gasteiger partial charge in [-0.3, -0.25) is 9.89 Å². The number of pyridine rings is 1. The van der Waals surface area contributed by atoms with Crippen LogP contribution in [-0.4, -0.2) is 26.6 Å². The number of hydrogen-bond acceptors (Lipinski definition) is 4. The monoisotopic (exact) mass is 285 g/mol.